The monoisotopic (exact) mass is 343 g/mol. The van der Waals surface area contributed by atoms with Gasteiger partial charge in [-0.3, -0.25) is 4.79 Å². The molecular formula is C18H18ClN3O2. The molecular weight excluding hydrogens is 326 g/mol. The Kier molecular flexibility index (Phi) is 4.12. The van der Waals surface area contributed by atoms with Crippen LogP contribution in [0.25, 0.3) is 0 Å². The molecule has 2 fully saturated rings. The summed E-state index contributed by atoms with van der Waals surface area (Å²) in [5, 5.41) is 7.05. The van der Waals surface area contributed by atoms with Crippen LogP contribution in [0, 0.1) is 5.92 Å². The standard InChI is InChI=1S/C18H18ClN3O2/c19-15-2-1-7-20-18(15)24-14-5-3-11(4-6-14)17(23)22-16-9-13-8-12(16)10-21-13/h1-7,12-13,16,21H,8-10H2,(H,22,23). The Labute approximate surface area is 145 Å². The third kappa shape index (κ3) is 3.09. The van der Waals surface area contributed by atoms with Crippen LogP contribution in [-0.4, -0.2) is 29.5 Å². The maximum atomic E-state index is 12.4. The van der Waals surface area contributed by atoms with Crippen molar-refractivity contribution in [1.82, 2.24) is 15.6 Å². The molecule has 2 bridgehead atoms. The fourth-order valence-corrected chi connectivity index (χ4v) is 3.66. The van der Waals surface area contributed by atoms with Gasteiger partial charge in [-0.1, -0.05) is 11.6 Å². The van der Waals surface area contributed by atoms with Crippen molar-refractivity contribution in [2.24, 2.45) is 5.92 Å². The summed E-state index contributed by atoms with van der Waals surface area (Å²) in [4.78, 5) is 16.5. The van der Waals surface area contributed by atoms with E-state index in [1.54, 1.807) is 42.6 Å². The zero-order valence-electron chi connectivity index (χ0n) is 13.0. The number of rotatable bonds is 4. The van der Waals surface area contributed by atoms with Crippen molar-refractivity contribution in [3.63, 3.8) is 0 Å². The van der Waals surface area contributed by atoms with Crippen LogP contribution in [-0.2, 0) is 0 Å². The van der Waals surface area contributed by atoms with Crippen LogP contribution in [0.4, 0.5) is 0 Å². The molecule has 1 aliphatic heterocycles. The van der Waals surface area contributed by atoms with Gasteiger partial charge >= 0.3 is 0 Å². The van der Waals surface area contributed by atoms with Crippen molar-refractivity contribution >= 4 is 17.5 Å². The van der Waals surface area contributed by atoms with Gasteiger partial charge in [-0.25, -0.2) is 4.98 Å². The normalized spacial score (nSPS) is 24.8. The van der Waals surface area contributed by atoms with Crippen molar-refractivity contribution in [1.29, 1.82) is 0 Å². The highest BCUT2D eigenvalue weighted by Gasteiger charge is 2.40. The Morgan fingerprint density at radius 3 is 2.75 bits per heavy atom. The minimum Gasteiger partial charge on any atom is -0.438 e. The van der Waals surface area contributed by atoms with Crippen molar-refractivity contribution in [3.05, 3.63) is 53.2 Å². The summed E-state index contributed by atoms with van der Waals surface area (Å²) in [7, 11) is 0. The molecule has 4 rings (SSSR count). The molecule has 6 heteroatoms. The SMILES string of the molecule is O=C(NC1CC2CC1CN2)c1ccc(Oc2ncccc2Cl)cc1. The molecule has 1 saturated carbocycles. The van der Waals surface area contributed by atoms with Crippen molar-refractivity contribution in [2.75, 3.05) is 6.54 Å². The lowest BCUT2D eigenvalue weighted by Gasteiger charge is -2.23. The number of pyridine rings is 1. The van der Waals surface area contributed by atoms with E-state index in [4.69, 9.17) is 16.3 Å². The lowest BCUT2D eigenvalue weighted by atomic mass is 10.0. The van der Waals surface area contributed by atoms with Gasteiger partial charge in [-0.2, -0.15) is 0 Å². The van der Waals surface area contributed by atoms with E-state index in [9.17, 15) is 4.79 Å². The molecule has 1 aromatic carbocycles. The molecule has 3 atom stereocenters. The Morgan fingerprint density at radius 1 is 1.25 bits per heavy atom. The van der Waals surface area contributed by atoms with Gasteiger partial charge in [-0.15, -0.1) is 0 Å². The summed E-state index contributed by atoms with van der Waals surface area (Å²) in [6.07, 6.45) is 3.81. The van der Waals surface area contributed by atoms with Gasteiger partial charge in [0.1, 0.15) is 10.8 Å². The predicted molar refractivity (Wildman–Crippen MR) is 91.5 cm³/mol. The number of ether oxygens (including phenoxy) is 1. The molecule has 3 unspecified atom stereocenters. The maximum Gasteiger partial charge on any atom is 0.251 e. The molecule has 124 valence electrons. The van der Waals surface area contributed by atoms with Crippen LogP contribution in [0.5, 0.6) is 11.6 Å². The van der Waals surface area contributed by atoms with Crippen LogP contribution >= 0.6 is 11.6 Å². The molecule has 1 aliphatic carbocycles. The number of amides is 1. The third-order valence-electron chi connectivity index (χ3n) is 4.74. The molecule has 1 saturated heterocycles. The lowest BCUT2D eigenvalue weighted by molar-refractivity contribution is 0.0925. The van der Waals surface area contributed by atoms with E-state index in [-0.39, 0.29) is 11.9 Å². The Balaban J connectivity index is 1.40. The molecule has 2 aromatic rings. The number of carbonyl (C=O) groups excluding carboxylic acids is 1. The van der Waals surface area contributed by atoms with Crippen molar-refractivity contribution in [3.8, 4) is 11.6 Å². The van der Waals surface area contributed by atoms with Crippen LogP contribution in [0.15, 0.2) is 42.6 Å². The predicted octanol–water partition coefficient (Wildman–Crippen LogP) is 3.01. The van der Waals surface area contributed by atoms with Gasteiger partial charge in [0.2, 0.25) is 5.88 Å². The summed E-state index contributed by atoms with van der Waals surface area (Å²) in [5.41, 5.74) is 0.630. The highest BCUT2D eigenvalue weighted by molar-refractivity contribution is 6.31. The van der Waals surface area contributed by atoms with Crippen molar-refractivity contribution in [2.45, 2.75) is 24.9 Å². The fourth-order valence-electron chi connectivity index (χ4n) is 3.50. The van der Waals surface area contributed by atoms with Gasteiger partial charge in [0.25, 0.3) is 5.91 Å². The van der Waals surface area contributed by atoms with Gasteiger partial charge in [0, 0.05) is 30.4 Å². The minimum absolute atomic E-state index is 0.0324. The molecule has 0 spiro atoms. The quantitative estimate of drug-likeness (QED) is 0.895. The largest absolute Gasteiger partial charge is 0.438 e. The molecule has 24 heavy (non-hydrogen) atoms. The zero-order chi connectivity index (χ0) is 16.5. The van der Waals surface area contributed by atoms with Crippen LogP contribution in [0.2, 0.25) is 5.02 Å². The number of nitrogens with zero attached hydrogens (tertiary/aromatic N) is 1. The maximum absolute atomic E-state index is 12.4. The molecule has 5 nitrogen and oxygen atoms in total. The zero-order valence-corrected chi connectivity index (χ0v) is 13.8. The van der Waals surface area contributed by atoms with Gasteiger partial charge in [-0.05, 0) is 55.2 Å². The summed E-state index contributed by atoms with van der Waals surface area (Å²) >= 11 is 6.03. The first kappa shape index (κ1) is 15.4. The van der Waals surface area contributed by atoms with E-state index in [0.29, 0.717) is 34.2 Å². The van der Waals surface area contributed by atoms with Crippen LogP contribution in [0.1, 0.15) is 23.2 Å². The first-order chi connectivity index (χ1) is 11.7. The fraction of sp³-hybridized carbons (Fsp3) is 0.333. The second kappa shape index (κ2) is 6.42. The van der Waals surface area contributed by atoms with E-state index < -0.39 is 0 Å². The van der Waals surface area contributed by atoms with E-state index >= 15 is 0 Å². The number of halogens is 1. The summed E-state index contributed by atoms with van der Waals surface area (Å²) in [6.45, 7) is 1.01. The van der Waals surface area contributed by atoms with Gasteiger partial charge < -0.3 is 15.4 Å². The van der Waals surface area contributed by atoms with E-state index in [1.807, 2.05) is 0 Å². The molecule has 0 radical (unpaired) electrons. The first-order valence-electron chi connectivity index (χ1n) is 8.12. The third-order valence-corrected chi connectivity index (χ3v) is 5.02. The Hall–Kier alpha value is -2.11. The average Bonchev–Trinajstić information content (AvgIpc) is 3.20. The summed E-state index contributed by atoms with van der Waals surface area (Å²) < 4.78 is 5.63. The number of benzene rings is 1. The van der Waals surface area contributed by atoms with Crippen LogP contribution < -0.4 is 15.4 Å². The molecule has 2 N–H and O–H groups in total. The number of hydrogen-bond donors (Lipinski definition) is 2. The topological polar surface area (TPSA) is 63.2 Å². The highest BCUT2D eigenvalue weighted by atomic mass is 35.5. The molecule has 2 heterocycles. The summed E-state index contributed by atoms with van der Waals surface area (Å²) in [6, 6.07) is 11.3. The number of hydrogen-bond acceptors (Lipinski definition) is 4. The smallest absolute Gasteiger partial charge is 0.251 e. The minimum atomic E-state index is -0.0324. The van der Waals surface area contributed by atoms with Crippen molar-refractivity contribution < 1.29 is 9.53 Å². The van der Waals surface area contributed by atoms with E-state index in [0.717, 1.165) is 13.0 Å². The molecule has 1 aromatic heterocycles. The number of carbonyl (C=O) groups is 1. The number of fused-ring (bicyclic) bond motifs is 2. The van der Waals surface area contributed by atoms with E-state index in [2.05, 4.69) is 15.6 Å². The van der Waals surface area contributed by atoms with Gasteiger partial charge in [0.15, 0.2) is 0 Å². The van der Waals surface area contributed by atoms with E-state index in [1.165, 1.54) is 6.42 Å². The Bertz CT molecular complexity index is 750. The van der Waals surface area contributed by atoms with Gasteiger partial charge in [0.05, 0.1) is 0 Å². The molecule has 2 aliphatic rings. The first-order valence-corrected chi connectivity index (χ1v) is 8.49. The molecule has 1 amide bonds. The number of aromatic nitrogens is 1. The Morgan fingerprint density at radius 2 is 2.08 bits per heavy atom. The number of nitrogens with one attached hydrogen (secondary N) is 2. The average molecular weight is 344 g/mol. The van der Waals surface area contributed by atoms with Crippen LogP contribution in [0.3, 0.4) is 0 Å². The lowest BCUT2D eigenvalue weighted by Crippen LogP contribution is -2.44. The second-order valence-electron chi connectivity index (χ2n) is 6.33. The number of piperidine rings is 1. The summed E-state index contributed by atoms with van der Waals surface area (Å²) in [5.74, 6) is 1.48. The highest BCUT2D eigenvalue weighted by Crippen LogP contribution is 2.31. The second-order valence-corrected chi connectivity index (χ2v) is 6.74.